The second kappa shape index (κ2) is 7.36. The van der Waals surface area contributed by atoms with Crippen LogP contribution in [0.25, 0.3) is 0 Å². The standard InChI is InChI=1S/C20H28N2O4S/c1-13-9-14(19(2,3)4)5-6-16(13)26-11-15(23)10-22-17(24)20(21-18(22)25)7-8-27-12-20/h5-6,9,15,23H,7-8,10-12H2,1-4H3,(H,21,25). The molecule has 27 heavy (non-hydrogen) atoms. The molecule has 2 aliphatic heterocycles. The molecule has 0 aromatic heterocycles. The van der Waals surface area contributed by atoms with Crippen LogP contribution in [0, 0.1) is 6.92 Å². The number of imide groups is 1. The zero-order valence-electron chi connectivity index (χ0n) is 16.4. The number of hydrogen-bond acceptors (Lipinski definition) is 5. The van der Waals surface area contributed by atoms with Crippen molar-refractivity contribution in [1.82, 2.24) is 10.2 Å². The van der Waals surface area contributed by atoms with Crippen LogP contribution in [0.15, 0.2) is 18.2 Å². The SMILES string of the molecule is Cc1cc(C(C)(C)C)ccc1OCC(O)CN1C(=O)NC2(CCSC2)C1=O. The molecule has 0 bridgehead atoms. The number of amides is 3. The summed E-state index contributed by atoms with van der Waals surface area (Å²) < 4.78 is 5.74. The lowest BCUT2D eigenvalue weighted by Crippen LogP contribution is -2.47. The third-order valence-electron chi connectivity index (χ3n) is 5.13. The number of β-amino-alcohol motifs (C(OH)–C–C–N with tert-alkyl or cyclic N) is 1. The third-order valence-corrected chi connectivity index (χ3v) is 6.32. The Bertz CT molecular complexity index is 738. The minimum absolute atomic E-state index is 0.0223. The van der Waals surface area contributed by atoms with Crippen LogP contribution in [0.2, 0.25) is 0 Å². The summed E-state index contributed by atoms with van der Waals surface area (Å²) in [6.45, 7) is 8.39. The summed E-state index contributed by atoms with van der Waals surface area (Å²) in [5.41, 5.74) is 1.49. The van der Waals surface area contributed by atoms with Crippen LogP contribution < -0.4 is 10.1 Å². The van der Waals surface area contributed by atoms with Gasteiger partial charge in [0.25, 0.3) is 5.91 Å². The molecule has 3 amide bonds. The quantitative estimate of drug-likeness (QED) is 0.753. The lowest BCUT2D eigenvalue weighted by atomic mass is 9.86. The molecule has 2 N–H and O–H groups in total. The number of aliphatic hydroxyl groups excluding tert-OH is 1. The van der Waals surface area contributed by atoms with Crippen LogP contribution in [0.4, 0.5) is 4.79 Å². The Labute approximate surface area is 164 Å². The Morgan fingerprint density at radius 2 is 2.11 bits per heavy atom. The molecule has 0 radical (unpaired) electrons. The van der Waals surface area contributed by atoms with Crippen LogP contribution in [0.3, 0.4) is 0 Å². The van der Waals surface area contributed by atoms with Crippen molar-refractivity contribution in [3.05, 3.63) is 29.3 Å². The van der Waals surface area contributed by atoms with E-state index >= 15 is 0 Å². The molecule has 148 valence electrons. The number of aliphatic hydroxyl groups is 1. The topological polar surface area (TPSA) is 78.9 Å². The van der Waals surface area contributed by atoms with Crippen molar-refractivity contribution in [3.63, 3.8) is 0 Å². The fourth-order valence-electron chi connectivity index (χ4n) is 3.40. The highest BCUT2D eigenvalue weighted by Gasteiger charge is 2.53. The molecule has 6 nitrogen and oxygen atoms in total. The maximum absolute atomic E-state index is 12.6. The lowest BCUT2D eigenvalue weighted by molar-refractivity contribution is -0.131. The highest BCUT2D eigenvalue weighted by atomic mass is 32.2. The van der Waals surface area contributed by atoms with Gasteiger partial charge in [-0.25, -0.2) is 4.79 Å². The Morgan fingerprint density at radius 1 is 1.37 bits per heavy atom. The first-order valence-corrected chi connectivity index (χ1v) is 10.4. The average Bonchev–Trinajstić information content (AvgIpc) is 3.14. The maximum Gasteiger partial charge on any atom is 0.325 e. The first-order chi connectivity index (χ1) is 12.6. The number of nitrogens with zero attached hydrogens (tertiary/aromatic N) is 1. The van der Waals surface area contributed by atoms with E-state index in [1.165, 1.54) is 5.56 Å². The molecule has 3 rings (SSSR count). The summed E-state index contributed by atoms with van der Waals surface area (Å²) in [6, 6.07) is 5.59. The molecular weight excluding hydrogens is 364 g/mol. The Morgan fingerprint density at radius 3 is 2.70 bits per heavy atom. The van der Waals surface area contributed by atoms with E-state index in [2.05, 4.69) is 32.2 Å². The molecule has 2 aliphatic rings. The van der Waals surface area contributed by atoms with Crippen LogP contribution in [-0.2, 0) is 10.2 Å². The number of carbonyl (C=O) groups is 2. The van der Waals surface area contributed by atoms with Crippen LogP contribution in [-0.4, -0.2) is 58.2 Å². The van der Waals surface area contributed by atoms with Crippen molar-refractivity contribution in [1.29, 1.82) is 0 Å². The Hall–Kier alpha value is -1.73. The number of aryl methyl sites for hydroxylation is 1. The summed E-state index contributed by atoms with van der Waals surface area (Å²) in [5, 5.41) is 13.1. The summed E-state index contributed by atoms with van der Waals surface area (Å²) in [5.74, 6) is 1.92. The van der Waals surface area contributed by atoms with Gasteiger partial charge in [0.1, 0.15) is 24.0 Å². The second-order valence-corrected chi connectivity index (χ2v) is 9.53. The summed E-state index contributed by atoms with van der Waals surface area (Å²) >= 11 is 1.66. The van der Waals surface area contributed by atoms with Crippen molar-refractivity contribution in [2.24, 2.45) is 0 Å². The van der Waals surface area contributed by atoms with E-state index < -0.39 is 17.7 Å². The number of ether oxygens (including phenoxy) is 1. The first-order valence-electron chi connectivity index (χ1n) is 9.26. The minimum atomic E-state index is -0.939. The van der Waals surface area contributed by atoms with Gasteiger partial charge in [-0.15, -0.1) is 0 Å². The van der Waals surface area contributed by atoms with Gasteiger partial charge >= 0.3 is 6.03 Å². The fraction of sp³-hybridized carbons (Fsp3) is 0.600. The number of rotatable bonds is 5. The van der Waals surface area contributed by atoms with Crippen molar-refractivity contribution < 1.29 is 19.4 Å². The van der Waals surface area contributed by atoms with Gasteiger partial charge in [-0.1, -0.05) is 32.9 Å². The smallest absolute Gasteiger partial charge is 0.325 e. The van der Waals surface area contributed by atoms with E-state index in [-0.39, 0.29) is 24.5 Å². The second-order valence-electron chi connectivity index (χ2n) is 8.43. The zero-order chi connectivity index (χ0) is 19.8. The molecule has 2 saturated heterocycles. The third kappa shape index (κ3) is 4.09. The molecular formula is C20H28N2O4S. The van der Waals surface area contributed by atoms with E-state index in [1.807, 2.05) is 19.1 Å². The molecule has 0 aliphatic carbocycles. The van der Waals surface area contributed by atoms with Gasteiger partial charge in [-0.05, 0) is 41.7 Å². The molecule has 2 fully saturated rings. The monoisotopic (exact) mass is 392 g/mol. The number of nitrogens with one attached hydrogen (secondary N) is 1. The van der Waals surface area contributed by atoms with Crippen LogP contribution >= 0.6 is 11.8 Å². The number of thioether (sulfide) groups is 1. The predicted octanol–water partition coefficient (Wildman–Crippen LogP) is 2.46. The molecule has 0 saturated carbocycles. The molecule has 1 spiro atoms. The van der Waals surface area contributed by atoms with E-state index in [4.69, 9.17) is 4.74 Å². The van der Waals surface area contributed by atoms with Gasteiger partial charge in [0.15, 0.2) is 0 Å². The molecule has 7 heteroatoms. The fourth-order valence-corrected chi connectivity index (χ4v) is 4.73. The van der Waals surface area contributed by atoms with Gasteiger partial charge in [0.05, 0.1) is 6.54 Å². The molecule has 1 aromatic carbocycles. The largest absolute Gasteiger partial charge is 0.491 e. The number of carbonyl (C=O) groups excluding carboxylic acids is 2. The lowest BCUT2D eigenvalue weighted by Gasteiger charge is -2.22. The molecule has 2 atom stereocenters. The summed E-state index contributed by atoms with van der Waals surface area (Å²) in [4.78, 5) is 25.9. The molecule has 2 heterocycles. The molecule has 2 unspecified atom stereocenters. The summed E-state index contributed by atoms with van der Waals surface area (Å²) in [6.07, 6.45) is -0.296. The van der Waals surface area contributed by atoms with Gasteiger partial charge in [-0.3, -0.25) is 9.69 Å². The van der Waals surface area contributed by atoms with Crippen molar-refractivity contribution in [2.75, 3.05) is 24.7 Å². The van der Waals surface area contributed by atoms with Gasteiger partial charge in [-0.2, -0.15) is 11.8 Å². The van der Waals surface area contributed by atoms with E-state index in [0.717, 1.165) is 16.2 Å². The summed E-state index contributed by atoms with van der Waals surface area (Å²) in [7, 11) is 0. The Balaban J connectivity index is 1.58. The van der Waals surface area contributed by atoms with Gasteiger partial charge in [0, 0.05) is 5.75 Å². The van der Waals surface area contributed by atoms with E-state index in [1.54, 1.807) is 11.8 Å². The number of benzene rings is 1. The van der Waals surface area contributed by atoms with E-state index in [9.17, 15) is 14.7 Å². The van der Waals surface area contributed by atoms with Crippen molar-refractivity contribution >= 4 is 23.7 Å². The van der Waals surface area contributed by atoms with Crippen molar-refractivity contribution in [2.45, 2.75) is 51.2 Å². The van der Waals surface area contributed by atoms with Gasteiger partial charge in [0.2, 0.25) is 0 Å². The zero-order valence-corrected chi connectivity index (χ0v) is 17.2. The normalized spacial score (nSPS) is 23.8. The van der Waals surface area contributed by atoms with Crippen molar-refractivity contribution in [3.8, 4) is 5.75 Å². The first kappa shape index (κ1) is 20.0. The van der Waals surface area contributed by atoms with Crippen LogP contribution in [0.5, 0.6) is 5.75 Å². The number of hydrogen-bond donors (Lipinski definition) is 2. The average molecular weight is 393 g/mol. The highest BCUT2D eigenvalue weighted by Crippen LogP contribution is 2.33. The maximum atomic E-state index is 12.6. The molecule has 1 aromatic rings. The van der Waals surface area contributed by atoms with E-state index in [0.29, 0.717) is 17.9 Å². The van der Waals surface area contributed by atoms with Gasteiger partial charge < -0.3 is 15.2 Å². The minimum Gasteiger partial charge on any atom is -0.491 e. The highest BCUT2D eigenvalue weighted by molar-refractivity contribution is 7.99. The Kier molecular flexibility index (Phi) is 5.45. The number of urea groups is 1. The predicted molar refractivity (Wildman–Crippen MR) is 106 cm³/mol. The van der Waals surface area contributed by atoms with Crippen LogP contribution in [0.1, 0.15) is 38.3 Å².